The number of nitrogens with zero attached hydrogens (tertiary/aromatic N) is 1. The molecule has 0 spiro atoms. The van der Waals surface area contributed by atoms with Gasteiger partial charge in [0, 0.05) is 5.39 Å². The molecule has 4 rings (SSSR count). The Labute approximate surface area is 117 Å². The molecule has 3 heterocycles. The molecular weight excluding hydrogens is 272 g/mol. The normalized spacial score (nSPS) is 11.4. The molecule has 1 N–H and O–H groups in total. The summed E-state index contributed by atoms with van der Waals surface area (Å²) in [6.07, 6.45) is 1.49. The average Bonchev–Trinajstić information content (AvgIpc) is 3.11. The van der Waals surface area contributed by atoms with Crippen LogP contribution in [-0.2, 0) is 6.54 Å². The van der Waals surface area contributed by atoms with Crippen molar-refractivity contribution in [1.82, 2.24) is 9.55 Å². The van der Waals surface area contributed by atoms with Crippen LogP contribution < -0.4 is 11.2 Å². The second-order valence-corrected chi connectivity index (χ2v) is 4.70. The fraction of sp³-hybridized carbons (Fsp3) is 0.0667. The lowest BCUT2D eigenvalue weighted by molar-refractivity contribution is 0.483. The minimum Gasteiger partial charge on any atom is -0.467 e. The van der Waals surface area contributed by atoms with Gasteiger partial charge in [-0.05, 0) is 24.3 Å². The first-order valence-corrected chi connectivity index (χ1v) is 6.41. The number of nitrogens with one attached hydrogen (secondary N) is 1. The van der Waals surface area contributed by atoms with E-state index in [0.717, 1.165) is 4.57 Å². The van der Waals surface area contributed by atoms with Crippen molar-refractivity contribution >= 4 is 22.1 Å². The van der Waals surface area contributed by atoms with Gasteiger partial charge in [-0.25, -0.2) is 9.36 Å². The van der Waals surface area contributed by atoms with Gasteiger partial charge in [0.05, 0.1) is 12.8 Å². The van der Waals surface area contributed by atoms with E-state index in [9.17, 15) is 9.59 Å². The van der Waals surface area contributed by atoms with E-state index in [0.29, 0.717) is 22.2 Å². The molecule has 6 heteroatoms. The Morgan fingerprint density at radius 2 is 1.95 bits per heavy atom. The molecule has 0 amide bonds. The van der Waals surface area contributed by atoms with Gasteiger partial charge in [-0.2, -0.15) is 0 Å². The fourth-order valence-electron chi connectivity index (χ4n) is 2.41. The van der Waals surface area contributed by atoms with E-state index in [2.05, 4.69) is 4.98 Å². The van der Waals surface area contributed by atoms with Crippen molar-refractivity contribution in [2.75, 3.05) is 0 Å². The van der Waals surface area contributed by atoms with E-state index in [1.807, 2.05) is 12.1 Å². The summed E-state index contributed by atoms with van der Waals surface area (Å²) in [6, 6.07) is 10.6. The molecule has 0 unspecified atom stereocenters. The van der Waals surface area contributed by atoms with Crippen molar-refractivity contribution in [3.05, 3.63) is 69.3 Å². The lowest BCUT2D eigenvalue weighted by Gasteiger charge is -2.01. The van der Waals surface area contributed by atoms with Crippen molar-refractivity contribution < 1.29 is 8.83 Å². The second kappa shape index (κ2) is 4.24. The topological polar surface area (TPSA) is 81.1 Å². The highest BCUT2D eigenvalue weighted by Gasteiger charge is 2.15. The monoisotopic (exact) mass is 282 g/mol. The maximum absolute atomic E-state index is 12.5. The van der Waals surface area contributed by atoms with Crippen LogP contribution in [0.5, 0.6) is 0 Å². The van der Waals surface area contributed by atoms with Gasteiger partial charge in [0.25, 0.3) is 5.56 Å². The molecule has 0 radical (unpaired) electrons. The predicted octanol–water partition coefficient (Wildman–Crippen LogP) is 2.08. The number of para-hydroxylation sites is 1. The smallest absolute Gasteiger partial charge is 0.329 e. The summed E-state index contributed by atoms with van der Waals surface area (Å²) < 4.78 is 11.8. The van der Waals surface area contributed by atoms with Crippen LogP contribution in [-0.4, -0.2) is 9.55 Å². The number of rotatable bonds is 2. The van der Waals surface area contributed by atoms with E-state index >= 15 is 0 Å². The van der Waals surface area contributed by atoms with Gasteiger partial charge in [-0.1, -0.05) is 12.1 Å². The van der Waals surface area contributed by atoms with Crippen LogP contribution in [0.4, 0.5) is 0 Å². The third kappa shape index (κ3) is 1.73. The SMILES string of the molecule is O=c1[nH]c2c(oc3ccccc32)c(=O)n1Cc1ccco1. The second-order valence-electron chi connectivity index (χ2n) is 4.70. The Balaban J connectivity index is 2.03. The van der Waals surface area contributed by atoms with E-state index < -0.39 is 11.2 Å². The number of furan rings is 2. The van der Waals surface area contributed by atoms with Gasteiger partial charge in [-0.3, -0.25) is 4.79 Å². The summed E-state index contributed by atoms with van der Waals surface area (Å²) in [7, 11) is 0. The molecule has 0 atom stereocenters. The van der Waals surface area contributed by atoms with Crippen molar-refractivity contribution in [3.8, 4) is 0 Å². The average molecular weight is 282 g/mol. The van der Waals surface area contributed by atoms with E-state index in [1.165, 1.54) is 6.26 Å². The highest BCUT2D eigenvalue weighted by Crippen LogP contribution is 2.23. The van der Waals surface area contributed by atoms with Gasteiger partial charge in [0.2, 0.25) is 5.58 Å². The van der Waals surface area contributed by atoms with Crippen LogP contribution in [0, 0.1) is 0 Å². The summed E-state index contributed by atoms with van der Waals surface area (Å²) in [4.78, 5) is 27.3. The van der Waals surface area contributed by atoms with Crippen LogP contribution in [0.2, 0.25) is 0 Å². The summed E-state index contributed by atoms with van der Waals surface area (Å²) in [5.41, 5.74) is 0.173. The van der Waals surface area contributed by atoms with Crippen molar-refractivity contribution in [2.24, 2.45) is 0 Å². The zero-order chi connectivity index (χ0) is 14.4. The van der Waals surface area contributed by atoms with Gasteiger partial charge in [0.1, 0.15) is 16.9 Å². The zero-order valence-electron chi connectivity index (χ0n) is 10.8. The maximum Gasteiger partial charge on any atom is 0.329 e. The van der Waals surface area contributed by atoms with Gasteiger partial charge < -0.3 is 13.8 Å². The minimum absolute atomic E-state index is 0.0636. The Morgan fingerprint density at radius 1 is 1.10 bits per heavy atom. The van der Waals surface area contributed by atoms with E-state index in [1.54, 1.807) is 24.3 Å². The number of aromatic nitrogens is 2. The predicted molar refractivity (Wildman–Crippen MR) is 76.4 cm³/mol. The van der Waals surface area contributed by atoms with Crippen molar-refractivity contribution in [2.45, 2.75) is 6.54 Å². The third-order valence-electron chi connectivity index (χ3n) is 3.41. The molecule has 1 aromatic carbocycles. The zero-order valence-corrected chi connectivity index (χ0v) is 10.8. The Kier molecular flexibility index (Phi) is 2.38. The highest BCUT2D eigenvalue weighted by atomic mass is 16.3. The van der Waals surface area contributed by atoms with Crippen molar-refractivity contribution in [1.29, 1.82) is 0 Å². The molecule has 0 saturated heterocycles. The van der Waals surface area contributed by atoms with Crippen LogP contribution in [0.25, 0.3) is 22.1 Å². The van der Waals surface area contributed by atoms with E-state index in [4.69, 9.17) is 8.83 Å². The molecule has 21 heavy (non-hydrogen) atoms. The number of hydrogen-bond donors (Lipinski definition) is 1. The lowest BCUT2D eigenvalue weighted by atomic mass is 10.2. The third-order valence-corrected chi connectivity index (χ3v) is 3.41. The number of H-pyrrole nitrogens is 1. The molecule has 0 fully saturated rings. The number of fused-ring (bicyclic) bond motifs is 3. The molecule has 0 bridgehead atoms. The number of aromatic amines is 1. The Bertz CT molecular complexity index is 1050. The van der Waals surface area contributed by atoms with E-state index in [-0.39, 0.29) is 12.1 Å². The summed E-state index contributed by atoms with van der Waals surface area (Å²) in [5.74, 6) is 0.526. The van der Waals surface area contributed by atoms with Gasteiger partial charge in [-0.15, -0.1) is 0 Å². The molecule has 104 valence electrons. The molecule has 0 aliphatic carbocycles. The molecular formula is C15H10N2O4. The Morgan fingerprint density at radius 3 is 2.76 bits per heavy atom. The minimum atomic E-state index is -0.490. The summed E-state index contributed by atoms with van der Waals surface area (Å²) in [5, 5.41) is 0.715. The first-order chi connectivity index (χ1) is 10.2. The number of hydrogen-bond acceptors (Lipinski definition) is 4. The van der Waals surface area contributed by atoms with Crippen LogP contribution in [0.15, 0.2) is 61.1 Å². The lowest BCUT2D eigenvalue weighted by Crippen LogP contribution is -2.34. The van der Waals surface area contributed by atoms with Gasteiger partial charge >= 0.3 is 5.69 Å². The first-order valence-electron chi connectivity index (χ1n) is 6.41. The maximum atomic E-state index is 12.5. The Hall–Kier alpha value is -3.02. The molecule has 0 aliphatic heterocycles. The van der Waals surface area contributed by atoms with Crippen LogP contribution in [0.3, 0.4) is 0 Å². The number of benzene rings is 1. The first kappa shape index (κ1) is 11.8. The molecule has 4 aromatic rings. The summed E-state index contributed by atoms with van der Waals surface area (Å²) >= 11 is 0. The quantitative estimate of drug-likeness (QED) is 0.610. The molecule has 0 aliphatic rings. The van der Waals surface area contributed by atoms with Crippen molar-refractivity contribution in [3.63, 3.8) is 0 Å². The van der Waals surface area contributed by atoms with Crippen LogP contribution >= 0.6 is 0 Å². The molecule has 3 aromatic heterocycles. The summed E-state index contributed by atoms with van der Waals surface area (Å²) in [6.45, 7) is 0.0636. The molecule has 6 nitrogen and oxygen atoms in total. The van der Waals surface area contributed by atoms with Gasteiger partial charge in [0.15, 0.2) is 0 Å². The highest BCUT2D eigenvalue weighted by molar-refractivity contribution is 6.01. The fourth-order valence-corrected chi connectivity index (χ4v) is 2.41. The van der Waals surface area contributed by atoms with Crippen LogP contribution in [0.1, 0.15) is 5.76 Å². The molecule has 0 saturated carbocycles. The largest absolute Gasteiger partial charge is 0.467 e. The standard InChI is InChI=1S/C15H10N2O4/c18-14-13-12(10-5-1-2-6-11(10)21-13)16-15(19)17(14)8-9-4-3-7-20-9/h1-7H,8H2,(H,16,19).